The Kier molecular flexibility index (Phi) is 5.78. The monoisotopic (exact) mass is 161 g/mol. The number of hydrogen-bond donors (Lipinski definition) is 1. The largest absolute Gasteiger partial charge is 0.464 e. The number of carbonyl (C=O) groups excluding carboxylic acids is 1. The second-order valence-corrected chi connectivity index (χ2v) is 2.30. The highest BCUT2D eigenvalue weighted by Crippen LogP contribution is 1.87. The highest BCUT2D eigenvalue weighted by atomic mass is 16.5. The average Bonchev–Trinajstić information content (AvgIpc) is 1.97. The predicted molar refractivity (Wildman–Crippen MR) is 41.1 cm³/mol. The van der Waals surface area contributed by atoms with E-state index < -0.39 is 6.04 Å². The topological polar surface area (TPSA) is 61.5 Å². The van der Waals surface area contributed by atoms with Crippen molar-refractivity contribution in [3.63, 3.8) is 0 Å². The van der Waals surface area contributed by atoms with Crippen molar-refractivity contribution < 1.29 is 14.3 Å². The summed E-state index contributed by atoms with van der Waals surface area (Å²) in [4.78, 5) is 10.7. The summed E-state index contributed by atoms with van der Waals surface area (Å²) < 4.78 is 9.52. The van der Waals surface area contributed by atoms with E-state index in [0.717, 1.165) is 6.42 Å². The molecule has 0 spiro atoms. The third-order valence-electron chi connectivity index (χ3n) is 1.11. The molecule has 66 valence electrons. The zero-order chi connectivity index (χ0) is 8.69. The number of hydrogen-bond acceptors (Lipinski definition) is 4. The third-order valence-corrected chi connectivity index (χ3v) is 1.11. The normalized spacial score (nSPS) is 12.6. The van der Waals surface area contributed by atoms with Crippen molar-refractivity contribution >= 4 is 5.97 Å². The van der Waals surface area contributed by atoms with Gasteiger partial charge >= 0.3 is 5.97 Å². The molecule has 0 saturated carbocycles. The number of carbonyl (C=O) groups is 1. The number of nitrogens with two attached hydrogens (primary N) is 1. The van der Waals surface area contributed by atoms with Crippen LogP contribution in [0.2, 0.25) is 0 Å². The van der Waals surface area contributed by atoms with Crippen molar-refractivity contribution in [2.24, 2.45) is 5.73 Å². The fourth-order valence-corrected chi connectivity index (χ4v) is 0.507. The molecule has 0 fully saturated rings. The van der Waals surface area contributed by atoms with E-state index in [1.165, 1.54) is 0 Å². The van der Waals surface area contributed by atoms with Gasteiger partial charge in [-0.1, -0.05) is 0 Å². The van der Waals surface area contributed by atoms with Crippen LogP contribution in [0, 0.1) is 0 Å². The van der Waals surface area contributed by atoms with Crippen LogP contribution in [-0.4, -0.2) is 32.3 Å². The van der Waals surface area contributed by atoms with Gasteiger partial charge in [0.2, 0.25) is 0 Å². The highest BCUT2D eigenvalue weighted by Gasteiger charge is 2.06. The number of ether oxygens (including phenoxy) is 2. The van der Waals surface area contributed by atoms with E-state index in [9.17, 15) is 4.79 Å². The Morgan fingerprint density at radius 3 is 2.64 bits per heavy atom. The Balaban J connectivity index is 3.18. The summed E-state index contributed by atoms with van der Waals surface area (Å²) in [6, 6.07) is -0.530. The van der Waals surface area contributed by atoms with Crippen molar-refractivity contribution in [1.29, 1.82) is 0 Å². The summed E-state index contributed by atoms with van der Waals surface area (Å²) in [6.07, 6.45) is 0.717. The highest BCUT2D eigenvalue weighted by molar-refractivity contribution is 5.74. The molecule has 0 unspecified atom stereocenters. The van der Waals surface area contributed by atoms with E-state index in [1.807, 2.05) is 0 Å². The average molecular weight is 161 g/mol. The summed E-state index contributed by atoms with van der Waals surface area (Å²) in [5.41, 5.74) is 5.24. The molecule has 0 aromatic rings. The molecule has 0 aromatic carbocycles. The molecule has 0 bridgehead atoms. The van der Waals surface area contributed by atoms with Crippen molar-refractivity contribution in [2.75, 3.05) is 20.3 Å². The third kappa shape index (κ3) is 5.82. The van der Waals surface area contributed by atoms with Gasteiger partial charge in [-0.15, -0.1) is 0 Å². The molecule has 11 heavy (non-hydrogen) atoms. The lowest BCUT2D eigenvalue weighted by Gasteiger charge is -2.05. The summed E-state index contributed by atoms with van der Waals surface area (Å²) in [7, 11) is 1.60. The molecule has 0 heterocycles. The van der Waals surface area contributed by atoms with Crippen LogP contribution in [0.4, 0.5) is 0 Å². The number of esters is 1. The maximum absolute atomic E-state index is 10.7. The van der Waals surface area contributed by atoms with Crippen molar-refractivity contribution in [2.45, 2.75) is 19.4 Å². The Bertz CT molecular complexity index is 114. The van der Waals surface area contributed by atoms with Crippen LogP contribution in [0.15, 0.2) is 0 Å². The fraction of sp³-hybridized carbons (Fsp3) is 0.857. The van der Waals surface area contributed by atoms with Gasteiger partial charge in [0.05, 0.1) is 6.61 Å². The Hall–Kier alpha value is -0.610. The SMILES string of the molecule is COCCCOC(=O)[C@@H](C)N. The van der Waals surface area contributed by atoms with Gasteiger partial charge in [0.25, 0.3) is 0 Å². The summed E-state index contributed by atoms with van der Waals surface area (Å²) in [5.74, 6) is -0.360. The minimum atomic E-state index is -0.530. The van der Waals surface area contributed by atoms with Gasteiger partial charge in [0.1, 0.15) is 6.04 Å². The van der Waals surface area contributed by atoms with E-state index in [0.29, 0.717) is 13.2 Å². The second kappa shape index (κ2) is 6.12. The van der Waals surface area contributed by atoms with E-state index in [4.69, 9.17) is 15.2 Å². The number of methoxy groups -OCH3 is 1. The van der Waals surface area contributed by atoms with Gasteiger partial charge in [0, 0.05) is 20.1 Å². The summed E-state index contributed by atoms with van der Waals surface area (Å²) >= 11 is 0. The lowest BCUT2D eigenvalue weighted by molar-refractivity contribution is -0.145. The van der Waals surface area contributed by atoms with Crippen molar-refractivity contribution in [3.05, 3.63) is 0 Å². The van der Waals surface area contributed by atoms with E-state index in [-0.39, 0.29) is 5.97 Å². The van der Waals surface area contributed by atoms with Gasteiger partial charge in [-0.2, -0.15) is 0 Å². The zero-order valence-corrected chi connectivity index (χ0v) is 7.00. The van der Waals surface area contributed by atoms with Crippen LogP contribution in [0.25, 0.3) is 0 Å². The first-order valence-corrected chi connectivity index (χ1v) is 3.59. The molecule has 2 N–H and O–H groups in total. The van der Waals surface area contributed by atoms with Gasteiger partial charge < -0.3 is 15.2 Å². The maximum Gasteiger partial charge on any atom is 0.322 e. The van der Waals surface area contributed by atoms with E-state index in [1.54, 1.807) is 14.0 Å². The van der Waals surface area contributed by atoms with Gasteiger partial charge in [0.15, 0.2) is 0 Å². The van der Waals surface area contributed by atoms with E-state index >= 15 is 0 Å². The van der Waals surface area contributed by atoms with Gasteiger partial charge in [-0.3, -0.25) is 4.79 Å². The first-order valence-electron chi connectivity index (χ1n) is 3.59. The molecule has 0 aromatic heterocycles. The minimum absolute atomic E-state index is 0.360. The Labute approximate surface area is 66.7 Å². The van der Waals surface area contributed by atoms with Crippen LogP contribution < -0.4 is 5.73 Å². The summed E-state index contributed by atoms with van der Waals surface area (Å²) in [6.45, 7) is 2.58. The molecule has 0 amide bonds. The fourth-order valence-electron chi connectivity index (χ4n) is 0.507. The van der Waals surface area contributed by atoms with Gasteiger partial charge in [-0.25, -0.2) is 0 Å². The smallest absolute Gasteiger partial charge is 0.322 e. The first kappa shape index (κ1) is 10.4. The standard InChI is InChI=1S/C7H15NO3/c1-6(8)7(9)11-5-3-4-10-2/h6H,3-5,8H2,1-2H3/t6-/m1/s1. The molecule has 0 saturated heterocycles. The molecule has 4 heteroatoms. The predicted octanol–water partition coefficient (Wildman–Crippen LogP) is -0.0867. The molecule has 1 atom stereocenters. The van der Waals surface area contributed by atoms with Crippen LogP contribution in [0.5, 0.6) is 0 Å². The van der Waals surface area contributed by atoms with Crippen LogP contribution >= 0.6 is 0 Å². The Morgan fingerprint density at radius 2 is 2.18 bits per heavy atom. The molecular formula is C7H15NO3. The van der Waals surface area contributed by atoms with E-state index in [2.05, 4.69) is 0 Å². The van der Waals surface area contributed by atoms with Crippen LogP contribution in [0.1, 0.15) is 13.3 Å². The van der Waals surface area contributed by atoms with Crippen molar-refractivity contribution in [3.8, 4) is 0 Å². The van der Waals surface area contributed by atoms with Crippen LogP contribution in [0.3, 0.4) is 0 Å². The molecule has 0 aliphatic rings. The molecule has 0 radical (unpaired) electrons. The van der Waals surface area contributed by atoms with Crippen LogP contribution in [-0.2, 0) is 14.3 Å². The quantitative estimate of drug-likeness (QED) is 0.452. The molecular weight excluding hydrogens is 146 g/mol. The van der Waals surface area contributed by atoms with Gasteiger partial charge in [-0.05, 0) is 6.92 Å². The Morgan fingerprint density at radius 1 is 1.55 bits per heavy atom. The molecule has 0 rings (SSSR count). The number of rotatable bonds is 5. The molecule has 0 aliphatic carbocycles. The first-order chi connectivity index (χ1) is 5.18. The summed E-state index contributed by atoms with van der Waals surface area (Å²) in [5, 5.41) is 0. The maximum atomic E-state index is 10.7. The lowest BCUT2D eigenvalue weighted by Crippen LogP contribution is -2.29. The lowest BCUT2D eigenvalue weighted by atomic mass is 10.4. The van der Waals surface area contributed by atoms with Crippen molar-refractivity contribution in [1.82, 2.24) is 0 Å². The second-order valence-electron chi connectivity index (χ2n) is 2.30. The molecule has 0 aliphatic heterocycles. The molecule has 4 nitrogen and oxygen atoms in total. The zero-order valence-electron chi connectivity index (χ0n) is 7.00. The minimum Gasteiger partial charge on any atom is -0.464 e.